The van der Waals surface area contributed by atoms with E-state index < -0.39 is 0 Å². The van der Waals surface area contributed by atoms with Gasteiger partial charge in [0.25, 0.3) is 5.91 Å². The van der Waals surface area contributed by atoms with E-state index >= 15 is 0 Å². The smallest absolute Gasteiger partial charge is 0.265 e. The molecule has 0 aromatic heterocycles. The maximum Gasteiger partial charge on any atom is 0.265 e. The van der Waals surface area contributed by atoms with E-state index in [1.165, 1.54) is 0 Å². The van der Waals surface area contributed by atoms with Crippen molar-refractivity contribution in [3.8, 4) is 11.8 Å². The Hall–Kier alpha value is -1.83. The number of rotatable bonds is 2. The number of nitrogens with one attached hydrogen (secondary N) is 1. The second-order valence-electron chi connectivity index (χ2n) is 3.82. The number of hydrazine groups is 1. The van der Waals surface area contributed by atoms with Crippen molar-refractivity contribution in [1.82, 2.24) is 10.4 Å². The third-order valence-electron chi connectivity index (χ3n) is 2.13. The molecule has 0 unspecified atom stereocenters. The van der Waals surface area contributed by atoms with Crippen LogP contribution in [0.3, 0.4) is 0 Å². The first-order valence-corrected chi connectivity index (χ1v) is 5.23. The van der Waals surface area contributed by atoms with E-state index in [0.29, 0.717) is 5.56 Å². The molecule has 0 bridgehead atoms. The van der Waals surface area contributed by atoms with Crippen LogP contribution in [0.2, 0.25) is 0 Å². The monoisotopic (exact) mass is 232 g/mol. The van der Waals surface area contributed by atoms with Crippen molar-refractivity contribution < 1.29 is 9.90 Å². The average molecular weight is 232 g/mol. The zero-order valence-electron chi connectivity index (χ0n) is 10.2. The predicted molar refractivity (Wildman–Crippen MR) is 66.3 cm³/mol. The van der Waals surface area contributed by atoms with Crippen LogP contribution in [0, 0.1) is 18.8 Å². The van der Waals surface area contributed by atoms with Crippen molar-refractivity contribution in [3.63, 3.8) is 0 Å². The Kier molecular flexibility index (Phi) is 4.70. The van der Waals surface area contributed by atoms with Gasteiger partial charge in [0, 0.05) is 25.2 Å². The number of aryl methyl sites for hydroxylation is 1. The van der Waals surface area contributed by atoms with Gasteiger partial charge in [0.05, 0.1) is 0 Å². The number of aliphatic hydroxyl groups is 1. The highest BCUT2D eigenvalue weighted by molar-refractivity contribution is 5.94. The summed E-state index contributed by atoms with van der Waals surface area (Å²) in [6.45, 7) is 1.72. The van der Waals surface area contributed by atoms with Gasteiger partial charge in [-0.2, -0.15) is 0 Å². The van der Waals surface area contributed by atoms with E-state index in [1.54, 1.807) is 31.2 Å². The van der Waals surface area contributed by atoms with E-state index in [1.807, 2.05) is 13.0 Å². The lowest BCUT2D eigenvalue weighted by Crippen LogP contribution is -2.36. The first-order chi connectivity index (χ1) is 8.04. The van der Waals surface area contributed by atoms with Crippen molar-refractivity contribution in [3.05, 3.63) is 34.9 Å². The summed E-state index contributed by atoms with van der Waals surface area (Å²) in [5.74, 6) is 5.21. The van der Waals surface area contributed by atoms with Crippen LogP contribution in [0.1, 0.15) is 21.5 Å². The summed E-state index contributed by atoms with van der Waals surface area (Å²) in [7, 11) is 3.50. The number of nitrogens with zero attached hydrogens (tertiary/aromatic N) is 1. The van der Waals surface area contributed by atoms with E-state index in [-0.39, 0.29) is 12.5 Å². The van der Waals surface area contributed by atoms with Crippen molar-refractivity contribution in [2.24, 2.45) is 0 Å². The third-order valence-corrected chi connectivity index (χ3v) is 2.13. The molecule has 0 atom stereocenters. The Balaban J connectivity index is 2.99. The van der Waals surface area contributed by atoms with E-state index in [4.69, 9.17) is 5.11 Å². The highest BCUT2D eigenvalue weighted by Crippen LogP contribution is 2.10. The summed E-state index contributed by atoms with van der Waals surface area (Å²) in [4.78, 5) is 11.7. The molecule has 0 saturated carbocycles. The van der Waals surface area contributed by atoms with Gasteiger partial charge >= 0.3 is 0 Å². The molecule has 0 heterocycles. The Bertz CT molecular complexity index is 470. The second-order valence-corrected chi connectivity index (χ2v) is 3.82. The summed E-state index contributed by atoms with van der Waals surface area (Å²) in [5, 5.41) is 10.2. The minimum atomic E-state index is -0.187. The number of hydrogen-bond acceptors (Lipinski definition) is 3. The van der Waals surface area contributed by atoms with E-state index in [9.17, 15) is 4.79 Å². The molecule has 0 radical (unpaired) electrons. The lowest BCUT2D eigenvalue weighted by Gasteiger charge is -2.12. The molecular formula is C13H16N2O2. The highest BCUT2D eigenvalue weighted by Gasteiger charge is 2.07. The molecule has 4 heteroatoms. The first kappa shape index (κ1) is 13.2. The van der Waals surface area contributed by atoms with Crippen LogP contribution in [0.4, 0.5) is 0 Å². The van der Waals surface area contributed by atoms with Gasteiger partial charge in [0.1, 0.15) is 6.61 Å². The zero-order chi connectivity index (χ0) is 12.8. The fraction of sp³-hybridized carbons (Fsp3) is 0.308. The van der Waals surface area contributed by atoms with Gasteiger partial charge < -0.3 is 5.11 Å². The van der Waals surface area contributed by atoms with Gasteiger partial charge in [-0.05, 0) is 24.6 Å². The third kappa shape index (κ3) is 3.91. The van der Waals surface area contributed by atoms with Gasteiger partial charge in [0.15, 0.2) is 0 Å². The Morgan fingerprint density at radius 1 is 1.47 bits per heavy atom. The number of aliphatic hydroxyl groups excluding tert-OH is 1. The van der Waals surface area contributed by atoms with E-state index in [2.05, 4.69) is 17.3 Å². The van der Waals surface area contributed by atoms with Crippen LogP contribution in [0.15, 0.2) is 18.2 Å². The Morgan fingerprint density at radius 2 is 2.18 bits per heavy atom. The molecular weight excluding hydrogens is 216 g/mol. The minimum absolute atomic E-state index is 0.179. The van der Waals surface area contributed by atoms with Crippen LogP contribution in [0.25, 0.3) is 0 Å². The Labute approximate surface area is 101 Å². The standard InChI is InChI=1S/C13H16N2O2/c1-10-6-7-12(13(17)14-15(2)3)9-11(10)5-4-8-16/h6-7,9,16H,8H2,1-3H3,(H,14,17). The molecule has 0 aliphatic heterocycles. The fourth-order valence-electron chi connectivity index (χ4n) is 1.30. The lowest BCUT2D eigenvalue weighted by atomic mass is 10.1. The van der Waals surface area contributed by atoms with Gasteiger partial charge in [-0.15, -0.1) is 0 Å². The van der Waals surface area contributed by atoms with Gasteiger partial charge in [-0.1, -0.05) is 17.9 Å². The van der Waals surface area contributed by atoms with Crippen molar-refractivity contribution in [2.45, 2.75) is 6.92 Å². The number of carbonyl (C=O) groups is 1. The maximum absolute atomic E-state index is 11.7. The molecule has 0 aliphatic rings. The number of carbonyl (C=O) groups excluding carboxylic acids is 1. The van der Waals surface area contributed by atoms with Crippen molar-refractivity contribution in [2.75, 3.05) is 20.7 Å². The SMILES string of the molecule is Cc1ccc(C(=O)NN(C)C)cc1C#CCO. The number of amides is 1. The zero-order valence-corrected chi connectivity index (χ0v) is 10.2. The number of benzene rings is 1. The van der Waals surface area contributed by atoms with Crippen LogP contribution in [-0.2, 0) is 0 Å². The second kappa shape index (κ2) is 6.04. The fourth-order valence-corrected chi connectivity index (χ4v) is 1.30. The number of hydrogen-bond donors (Lipinski definition) is 2. The molecule has 0 spiro atoms. The molecule has 0 saturated heterocycles. The quantitative estimate of drug-likeness (QED) is 0.578. The van der Waals surface area contributed by atoms with Crippen LogP contribution in [-0.4, -0.2) is 36.7 Å². The van der Waals surface area contributed by atoms with E-state index in [0.717, 1.165) is 11.1 Å². The summed E-state index contributed by atoms with van der Waals surface area (Å²) in [5.41, 5.74) is 4.94. The molecule has 0 fully saturated rings. The molecule has 2 N–H and O–H groups in total. The molecule has 1 amide bonds. The van der Waals surface area contributed by atoms with Crippen LogP contribution in [0.5, 0.6) is 0 Å². The molecule has 1 aromatic carbocycles. The Morgan fingerprint density at radius 3 is 2.76 bits per heavy atom. The normalized spacial score (nSPS) is 9.71. The summed E-state index contributed by atoms with van der Waals surface area (Å²) in [6, 6.07) is 5.31. The molecule has 1 rings (SSSR count). The van der Waals surface area contributed by atoms with Crippen LogP contribution >= 0.6 is 0 Å². The first-order valence-electron chi connectivity index (χ1n) is 5.23. The van der Waals surface area contributed by atoms with Gasteiger partial charge in [-0.25, -0.2) is 5.01 Å². The molecule has 4 nitrogen and oxygen atoms in total. The van der Waals surface area contributed by atoms with Crippen molar-refractivity contribution in [1.29, 1.82) is 0 Å². The maximum atomic E-state index is 11.7. The summed E-state index contributed by atoms with van der Waals surface area (Å²) >= 11 is 0. The molecule has 17 heavy (non-hydrogen) atoms. The highest BCUT2D eigenvalue weighted by atomic mass is 16.2. The summed E-state index contributed by atoms with van der Waals surface area (Å²) in [6.07, 6.45) is 0. The molecule has 1 aromatic rings. The van der Waals surface area contributed by atoms with Crippen molar-refractivity contribution >= 4 is 5.91 Å². The average Bonchev–Trinajstić information content (AvgIpc) is 2.27. The molecule has 0 aliphatic carbocycles. The molecule has 90 valence electrons. The van der Waals surface area contributed by atoms with Gasteiger partial charge in [0.2, 0.25) is 0 Å². The van der Waals surface area contributed by atoms with Crippen LogP contribution < -0.4 is 5.43 Å². The van der Waals surface area contributed by atoms with Gasteiger partial charge in [-0.3, -0.25) is 10.2 Å². The summed E-state index contributed by atoms with van der Waals surface area (Å²) < 4.78 is 0. The largest absolute Gasteiger partial charge is 0.384 e. The predicted octanol–water partition coefficient (Wildman–Crippen LogP) is 0.545. The lowest BCUT2D eigenvalue weighted by molar-refractivity contribution is 0.0857. The topological polar surface area (TPSA) is 52.6 Å². The minimum Gasteiger partial charge on any atom is -0.384 e.